The van der Waals surface area contributed by atoms with Crippen molar-refractivity contribution in [1.82, 2.24) is 0 Å². The van der Waals surface area contributed by atoms with Crippen molar-refractivity contribution in [3.05, 3.63) is 18.1 Å². The zero-order valence-corrected chi connectivity index (χ0v) is 10.8. The molecular weight excluding hydrogens is 222 g/mol. The monoisotopic (exact) mass is 239 g/mol. The predicted molar refractivity (Wildman–Crippen MR) is 63.3 cm³/mol. The Kier molecular flexibility index (Phi) is 4.31. The standard InChI is InChI=1S/C12H17NO2S/c1-10-11(5-7-15-10)16(14)8-4-6-12(2,3)9-13/h5,7H,4,6,8H2,1-3H3/t16-/m0/s1. The van der Waals surface area contributed by atoms with Crippen LogP contribution in [-0.2, 0) is 10.8 Å². The van der Waals surface area contributed by atoms with Crippen molar-refractivity contribution in [3.8, 4) is 6.07 Å². The SMILES string of the molecule is Cc1occc1[S@@](=O)CCCC(C)(C)C#N. The van der Waals surface area contributed by atoms with Gasteiger partial charge < -0.3 is 4.42 Å². The van der Waals surface area contributed by atoms with Gasteiger partial charge >= 0.3 is 0 Å². The maximum Gasteiger partial charge on any atom is 0.116 e. The maximum atomic E-state index is 11.9. The molecule has 0 bridgehead atoms. The van der Waals surface area contributed by atoms with E-state index in [1.54, 1.807) is 12.3 Å². The summed E-state index contributed by atoms with van der Waals surface area (Å²) in [5.74, 6) is 1.31. The average Bonchev–Trinajstić information content (AvgIpc) is 2.64. The topological polar surface area (TPSA) is 54.0 Å². The highest BCUT2D eigenvalue weighted by Gasteiger charge is 2.17. The third kappa shape index (κ3) is 3.49. The van der Waals surface area contributed by atoms with Crippen molar-refractivity contribution in [2.75, 3.05) is 5.75 Å². The zero-order valence-electron chi connectivity index (χ0n) is 9.95. The molecule has 4 heteroatoms. The van der Waals surface area contributed by atoms with Crippen LogP contribution in [0, 0.1) is 23.7 Å². The van der Waals surface area contributed by atoms with Gasteiger partial charge in [0.15, 0.2) is 0 Å². The van der Waals surface area contributed by atoms with E-state index in [-0.39, 0.29) is 5.41 Å². The number of nitriles is 1. The summed E-state index contributed by atoms with van der Waals surface area (Å²) in [6, 6.07) is 3.99. The number of hydrogen-bond donors (Lipinski definition) is 0. The van der Waals surface area contributed by atoms with E-state index >= 15 is 0 Å². The molecule has 1 atom stereocenters. The highest BCUT2D eigenvalue weighted by Crippen LogP contribution is 2.22. The second-order valence-electron chi connectivity index (χ2n) is 4.49. The molecule has 0 aromatic carbocycles. The van der Waals surface area contributed by atoms with Gasteiger partial charge in [0.2, 0.25) is 0 Å². The highest BCUT2D eigenvalue weighted by molar-refractivity contribution is 7.85. The Morgan fingerprint density at radius 1 is 1.56 bits per heavy atom. The minimum atomic E-state index is -1.00. The molecule has 0 aliphatic rings. The molecule has 0 unspecified atom stereocenters. The van der Waals surface area contributed by atoms with Crippen LogP contribution >= 0.6 is 0 Å². The van der Waals surface area contributed by atoms with E-state index in [1.807, 2.05) is 20.8 Å². The lowest BCUT2D eigenvalue weighted by atomic mass is 9.90. The normalized spacial score (nSPS) is 13.4. The van der Waals surface area contributed by atoms with Crippen LogP contribution in [0.5, 0.6) is 0 Å². The molecule has 1 heterocycles. The van der Waals surface area contributed by atoms with E-state index in [2.05, 4.69) is 6.07 Å². The maximum absolute atomic E-state index is 11.9. The van der Waals surface area contributed by atoms with E-state index in [9.17, 15) is 4.21 Å². The first-order valence-corrected chi connectivity index (χ1v) is 6.62. The summed E-state index contributed by atoms with van der Waals surface area (Å²) in [5, 5.41) is 8.85. The Labute approximate surface area is 98.9 Å². The number of aryl methyl sites for hydroxylation is 1. The van der Waals surface area contributed by atoms with Crippen LogP contribution < -0.4 is 0 Å². The van der Waals surface area contributed by atoms with Crippen LogP contribution in [0.15, 0.2) is 21.6 Å². The molecular formula is C12H17NO2S. The Hall–Kier alpha value is -1.08. The van der Waals surface area contributed by atoms with Gasteiger partial charge in [0.05, 0.1) is 33.4 Å². The summed E-state index contributed by atoms with van der Waals surface area (Å²) < 4.78 is 17.0. The van der Waals surface area contributed by atoms with E-state index in [4.69, 9.17) is 9.68 Å². The van der Waals surface area contributed by atoms with Gasteiger partial charge in [0, 0.05) is 5.75 Å². The van der Waals surface area contributed by atoms with Gasteiger partial charge in [-0.1, -0.05) is 0 Å². The zero-order chi connectivity index (χ0) is 12.2. The Morgan fingerprint density at radius 3 is 2.75 bits per heavy atom. The Balaban J connectivity index is 2.44. The molecule has 0 saturated heterocycles. The first-order chi connectivity index (χ1) is 7.46. The van der Waals surface area contributed by atoms with E-state index in [0.29, 0.717) is 5.75 Å². The van der Waals surface area contributed by atoms with Crippen LogP contribution in [0.3, 0.4) is 0 Å². The van der Waals surface area contributed by atoms with Crippen molar-refractivity contribution in [2.45, 2.75) is 38.5 Å². The fourth-order valence-corrected chi connectivity index (χ4v) is 2.62. The molecule has 1 aromatic heterocycles. The summed E-state index contributed by atoms with van der Waals surface area (Å²) >= 11 is 0. The molecule has 88 valence electrons. The van der Waals surface area contributed by atoms with Gasteiger partial charge in [-0.15, -0.1) is 0 Å². The summed E-state index contributed by atoms with van der Waals surface area (Å²) in [4.78, 5) is 0.773. The van der Waals surface area contributed by atoms with Gasteiger partial charge in [0.1, 0.15) is 5.76 Å². The molecule has 0 spiro atoms. The van der Waals surface area contributed by atoms with E-state index < -0.39 is 10.8 Å². The van der Waals surface area contributed by atoms with Crippen molar-refractivity contribution < 1.29 is 8.63 Å². The smallest absolute Gasteiger partial charge is 0.116 e. The molecule has 3 nitrogen and oxygen atoms in total. The Bertz CT molecular complexity index is 415. The fourth-order valence-electron chi connectivity index (χ4n) is 1.42. The lowest BCUT2D eigenvalue weighted by molar-refractivity contribution is 0.447. The minimum absolute atomic E-state index is 0.324. The van der Waals surface area contributed by atoms with Gasteiger partial charge in [0.25, 0.3) is 0 Å². The molecule has 0 aliphatic carbocycles. The van der Waals surface area contributed by atoms with E-state index in [0.717, 1.165) is 23.5 Å². The quantitative estimate of drug-likeness (QED) is 0.793. The van der Waals surface area contributed by atoms with Gasteiger partial charge in [-0.25, -0.2) is 0 Å². The molecule has 0 aliphatic heterocycles. The predicted octanol–water partition coefficient (Wildman–Crippen LogP) is 3.03. The van der Waals surface area contributed by atoms with Crippen molar-refractivity contribution in [3.63, 3.8) is 0 Å². The molecule has 1 aromatic rings. The van der Waals surface area contributed by atoms with Crippen LogP contribution in [0.4, 0.5) is 0 Å². The molecule has 0 saturated carbocycles. The summed E-state index contributed by atoms with van der Waals surface area (Å²) in [5.41, 5.74) is -0.324. The lowest BCUT2D eigenvalue weighted by Crippen LogP contribution is -2.10. The molecule has 0 radical (unpaired) electrons. The van der Waals surface area contributed by atoms with Crippen LogP contribution in [0.25, 0.3) is 0 Å². The van der Waals surface area contributed by atoms with Gasteiger partial charge in [-0.3, -0.25) is 4.21 Å². The molecule has 0 fully saturated rings. The van der Waals surface area contributed by atoms with E-state index in [1.165, 1.54) is 0 Å². The molecule has 1 rings (SSSR count). The summed E-state index contributed by atoms with van der Waals surface area (Å²) in [7, 11) is -1.00. The largest absolute Gasteiger partial charge is 0.468 e. The van der Waals surface area contributed by atoms with Crippen molar-refractivity contribution in [1.29, 1.82) is 5.26 Å². The van der Waals surface area contributed by atoms with Crippen molar-refractivity contribution >= 4 is 10.8 Å². The first kappa shape index (κ1) is 13.0. The second-order valence-corrected chi connectivity index (χ2v) is 6.03. The number of nitrogens with zero attached hydrogens (tertiary/aromatic N) is 1. The first-order valence-electron chi connectivity index (χ1n) is 5.30. The molecule has 16 heavy (non-hydrogen) atoms. The molecule has 0 N–H and O–H groups in total. The Morgan fingerprint density at radius 2 is 2.25 bits per heavy atom. The van der Waals surface area contributed by atoms with Gasteiger partial charge in [-0.05, 0) is 39.7 Å². The lowest BCUT2D eigenvalue weighted by Gasteiger charge is -2.13. The fraction of sp³-hybridized carbons (Fsp3) is 0.583. The summed E-state index contributed by atoms with van der Waals surface area (Å²) in [6.45, 7) is 5.62. The summed E-state index contributed by atoms with van der Waals surface area (Å²) in [6.07, 6.45) is 3.12. The third-order valence-electron chi connectivity index (χ3n) is 2.49. The number of hydrogen-bond acceptors (Lipinski definition) is 3. The number of furan rings is 1. The third-order valence-corrected chi connectivity index (χ3v) is 4.06. The van der Waals surface area contributed by atoms with Crippen LogP contribution in [0.2, 0.25) is 0 Å². The van der Waals surface area contributed by atoms with Gasteiger partial charge in [-0.2, -0.15) is 5.26 Å². The average molecular weight is 239 g/mol. The second kappa shape index (κ2) is 5.31. The molecule has 0 amide bonds. The van der Waals surface area contributed by atoms with Crippen LogP contribution in [0.1, 0.15) is 32.4 Å². The van der Waals surface area contributed by atoms with Crippen molar-refractivity contribution in [2.24, 2.45) is 5.41 Å². The minimum Gasteiger partial charge on any atom is -0.468 e. The van der Waals surface area contributed by atoms with Crippen LogP contribution in [-0.4, -0.2) is 9.96 Å². The number of rotatable bonds is 5. The highest BCUT2D eigenvalue weighted by atomic mass is 32.2.